The molecule has 0 fully saturated rings. The molecule has 0 amide bonds. The number of hydrogen-bond acceptors (Lipinski definition) is 6. The molecule has 0 radical (unpaired) electrons. The van der Waals surface area contributed by atoms with Crippen LogP contribution in [0.2, 0.25) is 0 Å². The zero-order chi connectivity index (χ0) is 14.1. The van der Waals surface area contributed by atoms with Gasteiger partial charge in [-0.1, -0.05) is 5.16 Å². The van der Waals surface area contributed by atoms with E-state index in [1.165, 1.54) is 24.5 Å². The number of hydrogen-bond donors (Lipinski definition) is 1. The molecule has 1 aromatic carbocycles. The predicted octanol–water partition coefficient (Wildman–Crippen LogP) is 3.94. The molecule has 0 saturated heterocycles. The lowest BCUT2D eigenvalue weighted by molar-refractivity contribution is 0.373. The van der Waals surface area contributed by atoms with Gasteiger partial charge in [0.25, 0.3) is 5.89 Å². The third-order valence-electron chi connectivity index (χ3n) is 2.65. The first-order chi connectivity index (χ1) is 9.67. The number of benzene rings is 1. The van der Waals surface area contributed by atoms with Crippen LogP contribution < -0.4 is 4.74 Å². The zero-order valence-corrected chi connectivity index (χ0v) is 12.7. The number of aromatic nitrogens is 2. The minimum absolute atomic E-state index is 0.0311. The van der Waals surface area contributed by atoms with Crippen LogP contribution in [0.4, 0.5) is 0 Å². The van der Waals surface area contributed by atoms with Gasteiger partial charge in [0.2, 0.25) is 5.82 Å². The topological polar surface area (TPSA) is 68.4 Å². The monoisotopic (exact) mass is 352 g/mol. The molecule has 5 nitrogen and oxygen atoms in total. The number of nitrogens with zero attached hydrogens (tertiary/aromatic N) is 2. The molecule has 0 unspecified atom stereocenters. The molecular formula is C13H9BrN2O3S. The number of ether oxygens (including phenoxy) is 1. The average Bonchev–Trinajstić information content (AvgIpc) is 3.07. The van der Waals surface area contributed by atoms with E-state index in [1.54, 1.807) is 12.1 Å². The molecule has 7 heteroatoms. The molecule has 2 heterocycles. The first-order valence-electron chi connectivity index (χ1n) is 5.64. The van der Waals surface area contributed by atoms with Crippen molar-refractivity contribution in [3.8, 4) is 33.7 Å². The fourth-order valence-corrected chi connectivity index (χ4v) is 3.01. The summed E-state index contributed by atoms with van der Waals surface area (Å²) in [7, 11) is 1.49. The van der Waals surface area contributed by atoms with Crippen molar-refractivity contribution in [1.29, 1.82) is 0 Å². The van der Waals surface area contributed by atoms with Crippen LogP contribution in [-0.4, -0.2) is 22.4 Å². The molecule has 3 aromatic rings. The lowest BCUT2D eigenvalue weighted by atomic mass is 10.2. The molecule has 0 aliphatic carbocycles. The second-order valence-corrected chi connectivity index (χ2v) is 6.38. The van der Waals surface area contributed by atoms with Gasteiger partial charge in [-0.2, -0.15) is 4.98 Å². The Hall–Kier alpha value is -1.86. The lowest BCUT2D eigenvalue weighted by Crippen LogP contribution is -1.84. The summed E-state index contributed by atoms with van der Waals surface area (Å²) in [6.45, 7) is 0. The standard InChI is InChI=1S/C13H9BrN2O3S/c1-18-9-3-2-7(6-8(9)17)13-15-12(16-19-13)10-4-5-11(14)20-10/h2-6,17H,1H3. The van der Waals surface area contributed by atoms with Crippen molar-refractivity contribution in [1.82, 2.24) is 10.1 Å². The van der Waals surface area contributed by atoms with Gasteiger partial charge in [0.1, 0.15) is 0 Å². The first kappa shape index (κ1) is 13.1. The third-order valence-corrected chi connectivity index (χ3v) is 4.27. The normalized spacial score (nSPS) is 10.7. The van der Waals surface area contributed by atoms with Crippen molar-refractivity contribution in [2.24, 2.45) is 0 Å². The molecule has 1 N–H and O–H groups in total. The van der Waals surface area contributed by atoms with Crippen LogP contribution in [0.5, 0.6) is 11.5 Å². The summed E-state index contributed by atoms with van der Waals surface area (Å²) in [6, 6.07) is 8.76. The Morgan fingerprint density at radius 1 is 1.30 bits per heavy atom. The van der Waals surface area contributed by atoms with Gasteiger partial charge in [-0.25, -0.2) is 0 Å². The van der Waals surface area contributed by atoms with E-state index in [2.05, 4.69) is 26.1 Å². The van der Waals surface area contributed by atoms with Gasteiger partial charge in [-0.05, 0) is 46.3 Å². The van der Waals surface area contributed by atoms with Gasteiger partial charge in [0.15, 0.2) is 11.5 Å². The van der Waals surface area contributed by atoms with Gasteiger partial charge < -0.3 is 14.4 Å². The van der Waals surface area contributed by atoms with Gasteiger partial charge >= 0.3 is 0 Å². The van der Waals surface area contributed by atoms with E-state index in [1.807, 2.05) is 12.1 Å². The Morgan fingerprint density at radius 2 is 2.15 bits per heavy atom. The van der Waals surface area contributed by atoms with Crippen LogP contribution in [0.15, 0.2) is 38.6 Å². The van der Waals surface area contributed by atoms with E-state index in [0.29, 0.717) is 23.0 Å². The van der Waals surface area contributed by atoms with E-state index >= 15 is 0 Å². The van der Waals surface area contributed by atoms with Crippen molar-refractivity contribution in [3.05, 3.63) is 34.1 Å². The number of methoxy groups -OCH3 is 1. The SMILES string of the molecule is COc1ccc(-c2nc(-c3ccc(Br)s3)no2)cc1O. The maximum absolute atomic E-state index is 9.76. The molecule has 102 valence electrons. The van der Waals surface area contributed by atoms with Crippen LogP contribution in [0.3, 0.4) is 0 Å². The zero-order valence-electron chi connectivity index (χ0n) is 10.3. The number of rotatable bonds is 3. The molecule has 0 aliphatic rings. The summed E-state index contributed by atoms with van der Waals surface area (Å²) in [5.41, 5.74) is 0.637. The van der Waals surface area contributed by atoms with E-state index in [4.69, 9.17) is 9.26 Å². The molecule has 0 atom stereocenters. The Morgan fingerprint density at radius 3 is 2.80 bits per heavy atom. The van der Waals surface area contributed by atoms with Gasteiger partial charge in [-0.15, -0.1) is 11.3 Å². The summed E-state index contributed by atoms with van der Waals surface area (Å²) < 4.78 is 11.2. The number of phenols is 1. The number of phenolic OH excluding ortho intramolecular Hbond substituents is 1. The second kappa shape index (κ2) is 5.26. The van der Waals surface area contributed by atoms with Crippen LogP contribution in [0, 0.1) is 0 Å². The van der Waals surface area contributed by atoms with E-state index in [-0.39, 0.29) is 5.75 Å². The van der Waals surface area contributed by atoms with Gasteiger partial charge in [0, 0.05) is 5.56 Å². The highest BCUT2D eigenvalue weighted by Gasteiger charge is 2.13. The van der Waals surface area contributed by atoms with E-state index in [9.17, 15) is 5.11 Å². The van der Waals surface area contributed by atoms with Crippen molar-refractivity contribution < 1.29 is 14.4 Å². The molecule has 0 aliphatic heterocycles. The summed E-state index contributed by atoms with van der Waals surface area (Å²) in [5, 5.41) is 13.7. The Bertz CT molecular complexity index is 754. The summed E-state index contributed by atoms with van der Waals surface area (Å²) in [6.07, 6.45) is 0. The van der Waals surface area contributed by atoms with Gasteiger partial charge in [0.05, 0.1) is 15.8 Å². The Balaban J connectivity index is 1.95. The highest BCUT2D eigenvalue weighted by atomic mass is 79.9. The molecule has 0 saturated carbocycles. The van der Waals surface area contributed by atoms with Crippen molar-refractivity contribution in [3.63, 3.8) is 0 Å². The van der Waals surface area contributed by atoms with Crippen LogP contribution in [0.1, 0.15) is 0 Å². The molecular weight excluding hydrogens is 344 g/mol. The second-order valence-electron chi connectivity index (χ2n) is 3.91. The van der Waals surface area contributed by atoms with Crippen molar-refractivity contribution >= 4 is 27.3 Å². The largest absolute Gasteiger partial charge is 0.504 e. The summed E-state index contributed by atoms with van der Waals surface area (Å²) >= 11 is 4.91. The summed E-state index contributed by atoms with van der Waals surface area (Å²) in [5.74, 6) is 1.30. The average molecular weight is 353 g/mol. The quantitative estimate of drug-likeness (QED) is 0.772. The maximum atomic E-state index is 9.76. The Kier molecular flexibility index (Phi) is 3.45. The smallest absolute Gasteiger partial charge is 0.258 e. The fraction of sp³-hybridized carbons (Fsp3) is 0.0769. The predicted molar refractivity (Wildman–Crippen MR) is 79.0 cm³/mol. The molecule has 2 aromatic heterocycles. The maximum Gasteiger partial charge on any atom is 0.258 e. The van der Waals surface area contributed by atoms with Crippen LogP contribution in [-0.2, 0) is 0 Å². The first-order valence-corrected chi connectivity index (χ1v) is 7.25. The van der Waals surface area contributed by atoms with Gasteiger partial charge in [-0.3, -0.25) is 0 Å². The molecule has 0 bridgehead atoms. The molecule has 3 rings (SSSR count). The lowest BCUT2D eigenvalue weighted by Gasteiger charge is -2.03. The molecule has 0 spiro atoms. The third kappa shape index (κ3) is 2.41. The minimum atomic E-state index is 0.0311. The number of halogens is 1. The molecule has 20 heavy (non-hydrogen) atoms. The van der Waals surface area contributed by atoms with E-state index in [0.717, 1.165) is 8.66 Å². The summed E-state index contributed by atoms with van der Waals surface area (Å²) in [4.78, 5) is 5.23. The highest BCUT2D eigenvalue weighted by Crippen LogP contribution is 2.33. The fourth-order valence-electron chi connectivity index (χ4n) is 1.70. The van der Waals surface area contributed by atoms with Crippen molar-refractivity contribution in [2.75, 3.05) is 7.11 Å². The van der Waals surface area contributed by atoms with Crippen LogP contribution in [0.25, 0.3) is 22.2 Å². The highest BCUT2D eigenvalue weighted by molar-refractivity contribution is 9.11. The Labute approximate surface area is 127 Å². The minimum Gasteiger partial charge on any atom is -0.504 e. The van der Waals surface area contributed by atoms with Crippen molar-refractivity contribution in [2.45, 2.75) is 0 Å². The number of aromatic hydroxyl groups is 1. The number of thiophene rings is 1. The van der Waals surface area contributed by atoms with E-state index < -0.39 is 0 Å². The van der Waals surface area contributed by atoms with Crippen LogP contribution >= 0.6 is 27.3 Å².